The standard InChI is InChI=1S/C21H39NO2/c1-15-7-6-8-16(2)22(15)14-18(23)10-12-24-19-13-17-9-11-21(19,5)20(17,3)4/h15-19,23H,6-14H2,1-5H3/t15-,16+,17-,18+,19+,21-/m0/s1. The Kier molecular flexibility index (Phi) is 5.36. The molecule has 2 saturated carbocycles. The van der Waals surface area contributed by atoms with Crippen LogP contribution in [0.15, 0.2) is 0 Å². The number of β-amino-alcohol motifs (C(OH)–C–C–N with tert-alkyl or cyclic N) is 1. The fraction of sp³-hybridized carbons (Fsp3) is 1.00. The molecule has 140 valence electrons. The predicted octanol–water partition coefficient (Wildman–Crippen LogP) is 4.23. The second-order valence-electron chi connectivity index (χ2n) is 9.74. The van der Waals surface area contributed by atoms with Crippen molar-refractivity contribution in [1.82, 2.24) is 4.90 Å². The van der Waals surface area contributed by atoms with Gasteiger partial charge in [0.15, 0.2) is 0 Å². The Morgan fingerprint density at radius 2 is 1.79 bits per heavy atom. The lowest BCUT2D eigenvalue weighted by molar-refractivity contribution is -0.0587. The molecule has 1 saturated heterocycles. The molecule has 1 N–H and O–H groups in total. The number of nitrogens with zero attached hydrogens (tertiary/aromatic N) is 1. The van der Waals surface area contributed by atoms with Crippen molar-refractivity contribution in [3.05, 3.63) is 0 Å². The summed E-state index contributed by atoms with van der Waals surface area (Å²) in [5.41, 5.74) is 0.744. The summed E-state index contributed by atoms with van der Waals surface area (Å²) in [5, 5.41) is 10.5. The topological polar surface area (TPSA) is 32.7 Å². The molecular formula is C21H39NO2. The third-order valence-corrected chi connectivity index (χ3v) is 8.28. The molecule has 1 heterocycles. The molecular weight excluding hydrogens is 298 g/mol. The molecule has 3 rings (SSSR count). The van der Waals surface area contributed by atoms with Crippen LogP contribution in [-0.2, 0) is 4.74 Å². The summed E-state index contributed by atoms with van der Waals surface area (Å²) in [7, 11) is 0. The van der Waals surface area contributed by atoms with E-state index in [4.69, 9.17) is 4.74 Å². The Labute approximate surface area is 149 Å². The van der Waals surface area contributed by atoms with Gasteiger partial charge in [0.05, 0.1) is 12.2 Å². The van der Waals surface area contributed by atoms with Gasteiger partial charge in [-0.25, -0.2) is 0 Å². The third kappa shape index (κ3) is 3.17. The van der Waals surface area contributed by atoms with Crippen molar-refractivity contribution in [2.45, 2.75) is 104 Å². The normalized spacial score (nSPS) is 43.2. The first-order valence-electron chi connectivity index (χ1n) is 10.3. The third-order valence-electron chi connectivity index (χ3n) is 8.28. The minimum Gasteiger partial charge on any atom is -0.392 e. The number of rotatable bonds is 6. The maximum absolute atomic E-state index is 10.5. The zero-order valence-electron chi connectivity index (χ0n) is 16.6. The molecule has 0 amide bonds. The fourth-order valence-electron chi connectivity index (χ4n) is 5.90. The lowest BCUT2D eigenvalue weighted by Gasteiger charge is -2.40. The van der Waals surface area contributed by atoms with Crippen molar-refractivity contribution < 1.29 is 9.84 Å². The zero-order chi connectivity index (χ0) is 17.5. The summed E-state index contributed by atoms with van der Waals surface area (Å²) in [6, 6.07) is 1.21. The smallest absolute Gasteiger partial charge is 0.0689 e. The Balaban J connectivity index is 1.44. The Morgan fingerprint density at radius 3 is 2.33 bits per heavy atom. The van der Waals surface area contributed by atoms with Gasteiger partial charge in [-0.3, -0.25) is 4.90 Å². The Bertz CT molecular complexity index is 428. The van der Waals surface area contributed by atoms with Gasteiger partial charge in [-0.05, 0) is 69.1 Å². The van der Waals surface area contributed by atoms with Gasteiger partial charge in [0.1, 0.15) is 0 Å². The lowest BCUT2D eigenvalue weighted by Crippen LogP contribution is -2.47. The average molecular weight is 338 g/mol. The molecule has 6 atom stereocenters. The van der Waals surface area contributed by atoms with Crippen LogP contribution in [0.2, 0.25) is 0 Å². The highest BCUT2D eigenvalue weighted by Gasteiger charge is 2.61. The number of hydrogen-bond acceptors (Lipinski definition) is 3. The van der Waals surface area contributed by atoms with Crippen molar-refractivity contribution in [3.8, 4) is 0 Å². The maximum Gasteiger partial charge on any atom is 0.0689 e. The van der Waals surface area contributed by atoms with Crippen LogP contribution >= 0.6 is 0 Å². The summed E-state index contributed by atoms with van der Waals surface area (Å²) in [5.74, 6) is 0.826. The van der Waals surface area contributed by atoms with Gasteiger partial charge in [0.2, 0.25) is 0 Å². The van der Waals surface area contributed by atoms with Gasteiger partial charge in [0, 0.05) is 25.2 Å². The summed E-state index contributed by atoms with van der Waals surface area (Å²) in [4.78, 5) is 2.50. The molecule has 24 heavy (non-hydrogen) atoms. The summed E-state index contributed by atoms with van der Waals surface area (Å²) >= 11 is 0. The van der Waals surface area contributed by atoms with Crippen molar-refractivity contribution in [2.24, 2.45) is 16.7 Å². The largest absolute Gasteiger partial charge is 0.392 e. The van der Waals surface area contributed by atoms with Crippen molar-refractivity contribution >= 4 is 0 Å². The van der Waals surface area contributed by atoms with Gasteiger partial charge >= 0.3 is 0 Å². The maximum atomic E-state index is 10.5. The first-order chi connectivity index (χ1) is 11.3. The molecule has 3 fully saturated rings. The van der Waals surface area contributed by atoms with Crippen molar-refractivity contribution in [2.75, 3.05) is 13.2 Å². The molecule has 3 heteroatoms. The highest BCUT2D eigenvalue weighted by molar-refractivity contribution is 5.11. The Morgan fingerprint density at radius 1 is 1.12 bits per heavy atom. The average Bonchev–Trinajstić information content (AvgIpc) is 2.84. The summed E-state index contributed by atoms with van der Waals surface area (Å²) < 4.78 is 6.31. The quantitative estimate of drug-likeness (QED) is 0.787. The molecule has 3 nitrogen and oxygen atoms in total. The van der Waals surface area contributed by atoms with E-state index in [-0.39, 0.29) is 6.10 Å². The molecule has 0 aromatic carbocycles. The van der Waals surface area contributed by atoms with Gasteiger partial charge in [-0.15, -0.1) is 0 Å². The van der Waals surface area contributed by atoms with E-state index in [2.05, 4.69) is 39.5 Å². The number of piperidine rings is 1. The molecule has 1 aliphatic heterocycles. The molecule has 0 spiro atoms. The fourth-order valence-corrected chi connectivity index (χ4v) is 5.90. The van der Waals surface area contributed by atoms with Crippen LogP contribution in [0.4, 0.5) is 0 Å². The molecule has 2 aliphatic carbocycles. The number of aliphatic hydroxyl groups is 1. The first-order valence-corrected chi connectivity index (χ1v) is 10.3. The van der Waals surface area contributed by atoms with Crippen molar-refractivity contribution in [3.63, 3.8) is 0 Å². The number of aliphatic hydroxyl groups excluding tert-OH is 1. The Hall–Kier alpha value is -0.120. The van der Waals surface area contributed by atoms with Gasteiger partial charge in [-0.1, -0.05) is 27.2 Å². The molecule has 0 unspecified atom stereocenters. The number of fused-ring (bicyclic) bond motifs is 2. The minimum absolute atomic E-state index is 0.257. The van der Waals surface area contributed by atoms with E-state index < -0.39 is 0 Å². The van der Waals surface area contributed by atoms with E-state index in [1.54, 1.807) is 0 Å². The van der Waals surface area contributed by atoms with E-state index in [1.807, 2.05) is 0 Å². The molecule has 3 aliphatic rings. The van der Waals surface area contributed by atoms with E-state index in [1.165, 1.54) is 38.5 Å². The first kappa shape index (κ1) is 18.7. The predicted molar refractivity (Wildman–Crippen MR) is 99.1 cm³/mol. The van der Waals surface area contributed by atoms with Crippen LogP contribution in [0.3, 0.4) is 0 Å². The minimum atomic E-state index is -0.257. The second kappa shape index (κ2) is 6.89. The highest BCUT2D eigenvalue weighted by atomic mass is 16.5. The van der Waals surface area contributed by atoms with Crippen LogP contribution < -0.4 is 0 Å². The summed E-state index contributed by atoms with van der Waals surface area (Å²) in [6.45, 7) is 13.4. The molecule has 0 aromatic rings. The van der Waals surface area contributed by atoms with E-state index in [0.29, 0.717) is 35.6 Å². The molecule has 0 radical (unpaired) electrons. The molecule has 2 bridgehead atoms. The lowest BCUT2D eigenvalue weighted by atomic mass is 9.70. The number of hydrogen-bond donors (Lipinski definition) is 1. The van der Waals surface area contributed by atoms with Crippen LogP contribution in [0, 0.1) is 16.7 Å². The van der Waals surface area contributed by atoms with Crippen LogP contribution in [0.25, 0.3) is 0 Å². The van der Waals surface area contributed by atoms with Gasteiger partial charge in [0.25, 0.3) is 0 Å². The van der Waals surface area contributed by atoms with Gasteiger partial charge < -0.3 is 9.84 Å². The van der Waals surface area contributed by atoms with Crippen LogP contribution in [-0.4, -0.2) is 47.4 Å². The summed E-state index contributed by atoms with van der Waals surface area (Å²) in [6.07, 6.45) is 8.67. The number of ether oxygens (including phenoxy) is 1. The zero-order valence-corrected chi connectivity index (χ0v) is 16.6. The molecule has 0 aromatic heterocycles. The van der Waals surface area contributed by atoms with Crippen LogP contribution in [0.1, 0.15) is 79.6 Å². The van der Waals surface area contributed by atoms with E-state index >= 15 is 0 Å². The second-order valence-corrected chi connectivity index (χ2v) is 9.74. The SMILES string of the molecule is C[C@@H]1CCC[C@H](C)N1C[C@H](O)CCO[C@@H]1C[C@@H]2CC[C@]1(C)C2(C)C. The van der Waals surface area contributed by atoms with Crippen LogP contribution in [0.5, 0.6) is 0 Å². The van der Waals surface area contributed by atoms with E-state index in [9.17, 15) is 5.11 Å². The number of likely N-dealkylation sites (tertiary alicyclic amines) is 1. The van der Waals surface area contributed by atoms with E-state index in [0.717, 1.165) is 18.9 Å². The monoisotopic (exact) mass is 337 g/mol. The highest BCUT2D eigenvalue weighted by Crippen LogP contribution is 2.66. The van der Waals surface area contributed by atoms with Gasteiger partial charge in [-0.2, -0.15) is 0 Å². The van der Waals surface area contributed by atoms with Crippen molar-refractivity contribution in [1.29, 1.82) is 0 Å².